The van der Waals surface area contributed by atoms with E-state index in [0.29, 0.717) is 25.7 Å². The topological polar surface area (TPSA) is 175 Å². The molecule has 12 heteroatoms. The average Bonchev–Trinajstić information content (AvgIpc) is 3.31. The minimum atomic E-state index is -1.92. The molecule has 0 bridgehead atoms. The summed E-state index contributed by atoms with van der Waals surface area (Å²) in [7, 11) is 0. The van der Waals surface area contributed by atoms with E-state index in [1.807, 2.05) is 18.2 Å². The Morgan fingerprint density at radius 2 is 0.970 bits per heavy atom. The van der Waals surface area contributed by atoms with Crippen molar-refractivity contribution in [1.82, 2.24) is 0 Å². The van der Waals surface area contributed by atoms with Gasteiger partial charge in [0.2, 0.25) is 0 Å². The number of aliphatic hydroxyl groups excluding tert-OH is 2. The van der Waals surface area contributed by atoms with Crippen LogP contribution < -0.4 is 0 Å². The fraction of sp³-hybridized carbons (Fsp3) is 0.745. The van der Waals surface area contributed by atoms with Crippen LogP contribution in [0.2, 0.25) is 0 Å². The zero-order valence-electron chi connectivity index (χ0n) is 41.9. The number of carbonyl (C=O) groups excluding carboxylic acids is 3. The number of aliphatic carboxylic acids is 1. The van der Waals surface area contributed by atoms with Crippen molar-refractivity contribution in [3.8, 4) is 0 Å². The first-order valence-electron chi connectivity index (χ1n) is 26.3. The molecule has 1 aliphatic rings. The van der Waals surface area contributed by atoms with Crippen LogP contribution >= 0.6 is 0 Å². The van der Waals surface area contributed by atoms with Gasteiger partial charge in [0, 0.05) is 19.3 Å². The summed E-state index contributed by atoms with van der Waals surface area (Å²) in [4.78, 5) is 50.7. The van der Waals surface area contributed by atoms with Crippen molar-refractivity contribution in [1.29, 1.82) is 0 Å². The number of carbonyl (C=O) groups is 4. The lowest BCUT2D eigenvalue weighted by molar-refractivity contribution is -0.301. The van der Waals surface area contributed by atoms with E-state index in [0.717, 1.165) is 77.0 Å². The van der Waals surface area contributed by atoms with E-state index in [1.54, 1.807) is 0 Å². The number of carboxylic acids is 1. The van der Waals surface area contributed by atoms with Crippen molar-refractivity contribution in [3.05, 3.63) is 60.8 Å². The first kappa shape index (κ1) is 61.4. The Hall–Kier alpha value is -3.58. The number of hydrogen-bond acceptors (Lipinski definition) is 11. The molecule has 3 N–H and O–H groups in total. The van der Waals surface area contributed by atoms with E-state index in [1.165, 1.54) is 70.6 Å². The minimum Gasteiger partial charge on any atom is -0.479 e. The maximum Gasteiger partial charge on any atom is 0.335 e. The second kappa shape index (κ2) is 43.7. The fourth-order valence-electron chi connectivity index (χ4n) is 7.55. The lowest BCUT2D eigenvalue weighted by atomic mass is 9.98. The summed E-state index contributed by atoms with van der Waals surface area (Å²) < 4.78 is 28.2. The van der Waals surface area contributed by atoms with Crippen LogP contribution in [0, 0.1) is 0 Å². The number of rotatable bonds is 43. The fourth-order valence-corrected chi connectivity index (χ4v) is 7.55. The summed E-state index contributed by atoms with van der Waals surface area (Å²) >= 11 is 0. The second-order valence-corrected chi connectivity index (χ2v) is 17.8. The Kier molecular flexibility index (Phi) is 40.1. The zero-order chi connectivity index (χ0) is 49.0. The molecule has 1 heterocycles. The quantitative estimate of drug-likeness (QED) is 0.0229. The third-order valence-electron chi connectivity index (χ3n) is 11.6. The van der Waals surface area contributed by atoms with Crippen molar-refractivity contribution < 1.29 is 58.2 Å². The molecule has 0 aliphatic carbocycles. The number of esters is 3. The van der Waals surface area contributed by atoms with Crippen molar-refractivity contribution >= 4 is 23.9 Å². The molecule has 1 fully saturated rings. The van der Waals surface area contributed by atoms with Gasteiger partial charge in [-0.05, 0) is 70.6 Å². The highest BCUT2D eigenvalue weighted by molar-refractivity contribution is 5.74. The number of allylic oxidation sites excluding steroid dienone is 10. The van der Waals surface area contributed by atoms with Crippen LogP contribution in [-0.2, 0) is 42.9 Å². The average molecular weight is 945 g/mol. The number of ether oxygens (including phenoxy) is 5. The third-order valence-corrected chi connectivity index (χ3v) is 11.6. The highest BCUT2D eigenvalue weighted by atomic mass is 16.7. The Balaban J connectivity index is 2.78. The molecule has 1 saturated heterocycles. The summed E-state index contributed by atoms with van der Waals surface area (Å²) in [5.74, 6) is -3.23. The molecule has 6 unspecified atom stereocenters. The highest BCUT2D eigenvalue weighted by Crippen LogP contribution is 2.26. The van der Waals surface area contributed by atoms with Gasteiger partial charge < -0.3 is 39.0 Å². The Morgan fingerprint density at radius 3 is 1.51 bits per heavy atom. The first-order chi connectivity index (χ1) is 32.6. The second-order valence-electron chi connectivity index (χ2n) is 17.8. The predicted octanol–water partition coefficient (Wildman–Crippen LogP) is 12.4. The third kappa shape index (κ3) is 34.4. The summed E-state index contributed by atoms with van der Waals surface area (Å²) in [6.45, 7) is 5.78. The van der Waals surface area contributed by atoms with Gasteiger partial charge >= 0.3 is 23.9 Å². The van der Waals surface area contributed by atoms with Gasteiger partial charge in [-0.3, -0.25) is 14.4 Å². The lowest BCUT2D eigenvalue weighted by Crippen LogP contribution is -2.61. The van der Waals surface area contributed by atoms with E-state index in [9.17, 15) is 34.5 Å². The smallest absolute Gasteiger partial charge is 0.335 e. The van der Waals surface area contributed by atoms with Gasteiger partial charge in [-0.2, -0.15) is 0 Å². The molecule has 384 valence electrons. The van der Waals surface area contributed by atoms with E-state index >= 15 is 0 Å². The maximum absolute atomic E-state index is 13.0. The van der Waals surface area contributed by atoms with Crippen LogP contribution in [0.1, 0.15) is 213 Å². The summed E-state index contributed by atoms with van der Waals surface area (Å²) in [5.41, 5.74) is 0. The van der Waals surface area contributed by atoms with Gasteiger partial charge in [-0.15, -0.1) is 0 Å². The van der Waals surface area contributed by atoms with E-state index < -0.39 is 67.3 Å². The van der Waals surface area contributed by atoms with Gasteiger partial charge in [-0.25, -0.2) is 4.79 Å². The van der Waals surface area contributed by atoms with Crippen molar-refractivity contribution in [2.45, 2.75) is 250 Å². The maximum atomic E-state index is 13.0. The number of carboxylic acid groups (broad SMARTS) is 1. The number of aliphatic hydroxyl groups is 2. The van der Waals surface area contributed by atoms with E-state index in [-0.39, 0.29) is 25.9 Å². The van der Waals surface area contributed by atoms with E-state index in [4.69, 9.17) is 23.7 Å². The van der Waals surface area contributed by atoms with Crippen molar-refractivity contribution in [2.75, 3.05) is 13.2 Å². The molecule has 0 aromatic heterocycles. The molecule has 0 spiro atoms. The Bertz CT molecular complexity index is 1400. The SMILES string of the molecule is CC/C=C\C/C=C\C/C=C\C/C=C\CCC(=O)OC1C(OCC(COC(=O)CCCCCCC/C=C\CCCCCC)OC(=O)CCCCCCCCCCCCC)OC(C(=O)O)C(O)C1O. The van der Waals surface area contributed by atoms with Gasteiger partial charge in [0.05, 0.1) is 6.61 Å². The largest absolute Gasteiger partial charge is 0.479 e. The van der Waals surface area contributed by atoms with Crippen molar-refractivity contribution in [3.63, 3.8) is 0 Å². The van der Waals surface area contributed by atoms with Crippen molar-refractivity contribution in [2.24, 2.45) is 0 Å². The molecule has 1 rings (SSSR count). The normalized spacial score (nSPS) is 19.3. The predicted molar refractivity (Wildman–Crippen MR) is 266 cm³/mol. The van der Waals surface area contributed by atoms with Gasteiger partial charge in [-0.1, -0.05) is 184 Å². The van der Waals surface area contributed by atoms with Gasteiger partial charge in [0.1, 0.15) is 18.8 Å². The lowest BCUT2D eigenvalue weighted by Gasteiger charge is -2.40. The highest BCUT2D eigenvalue weighted by Gasteiger charge is 2.50. The monoisotopic (exact) mass is 945 g/mol. The molecule has 0 radical (unpaired) electrons. The van der Waals surface area contributed by atoms with Crippen LogP contribution in [0.15, 0.2) is 60.8 Å². The molecule has 6 atom stereocenters. The molecule has 1 aliphatic heterocycles. The number of hydrogen-bond donors (Lipinski definition) is 3. The Morgan fingerprint density at radius 1 is 0.507 bits per heavy atom. The van der Waals surface area contributed by atoms with Crippen LogP contribution in [0.4, 0.5) is 0 Å². The van der Waals surface area contributed by atoms with Crippen LogP contribution in [0.3, 0.4) is 0 Å². The van der Waals surface area contributed by atoms with E-state index in [2.05, 4.69) is 63.3 Å². The summed E-state index contributed by atoms with van der Waals surface area (Å²) in [5, 5.41) is 31.3. The molecule has 0 amide bonds. The van der Waals surface area contributed by atoms with Crippen LogP contribution in [-0.4, -0.2) is 89.2 Å². The molecular weight excluding hydrogens is 853 g/mol. The van der Waals surface area contributed by atoms with Crippen LogP contribution in [0.25, 0.3) is 0 Å². The molecule has 0 saturated carbocycles. The molecule has 67 heavy (non-hydrogen) atoms. The molecule has 12 nitrogen and oxygen atoms in total. The standard InChI is InChI=1S/C55H92O12/c1-4-7-10-13-16-19-22-24-27-29-32-35-38-41-47(56)63-44-46(65-48(57)42-39-36-33-30-26-21-18-15-12-9-6-3)45-64-55-53(51(60)50(59)52(67-55)54(61)62)66-49(58)43-40-37-34-31-28-25-23-20-17-14-11-8-5-2/h8,11,17,19-20,22,25,28,34,37,46,50-53,55,59-60H,4-7,9-10,12-16,18,21,23-24,26-27,29-33,35-36,38-45H2,1-3H3,(H,61,62)/b11-8-,20-17-,22-19-,28-25-,37-34-. The molecular formula is C55H92O12. The van der Waals surface area contributed by atoms with Gasteiger partial charge in [0.15, 0.2) is 24.6 Å². The number of unbranched alkanes of at least 4 members (excludes halogenated alkanes) is 19. The summed E-state index contributed by atoms with van der Waals surface area (Å²) in [6.07, 6.45) is 39.4. The zero-order valence-corrected chi connectivity index (χ0v) is 41.9. The van der Waals surface area contributed by atoms with Gasteiger partial charge in [0.25, 0.3) is 0 Å². The summed E-state index contributed by atoms with van der Waals surface area (Å²) in [6, 6.07) is 0. The Labute approximate surface area is 405 Å². The first-order valence-corrected chi connectivity index (χ1v) is 26.3. The minimum absolute atomic E-state index is 0.0611. The van der Waals surface area contributed by atoms with Crippen LogP contribution in [0.5, 0.6) is 0 Å². The molecule has 0 aromatic carbocycles. The molecule has 0 aromatic rings.